The molecule has 10 atom stereocenters. The van der Waals surface area contributed by atoms with Crippen LogP contribution in [0.5, 0.6) is 0 Å². The number of hydrogen-bond acceptors (Lipinski definition) is 5. The SMILES string of the molecule is C=C(C)[C@@H]1CC[C@]2(C=COC)CC[C@]3(C)C(CCC4[C@@]5(C)CC[C@H](OC(=O)CC(C)(C)C(=O)OCc6ccccc6)C(C)(C)C5CC[C@]43C)C12. The van der Waals surface area contributed by atoms with Crippen molar-refractivity contribution in [1.29, 1.82) is 0 Å². The Morgan fingerprint density at radius 3 is 2.28 bits per heavy atom. The predicted octanol–water partition coefficient (Wildman–Crippen LogP) is 10.9. The molecule has 0 aliphatic heterocycles. The number of fused-ring (bicyclic) bond motifs is 7. The molecule has 276 valence electrons. The van der Waals surface area contributed by atoms with Crippen molar-refractivity contribution in [1.82, 2.24) is 0 Å². The average molecular weight is 687 g/mol. The van der Waals surface area contributed by atoms with E-state index in [1.807, 2.05) is 36.6 Å². The van der Waals surface area contributed by atoms with Crippen molar-refractivity contribution >= 4 is 11.9 Å². The normalized spacial score (nSPS) is 40.5. The molecule has 0 bridgehead atoms. The maximum absolute atomic E-state index is 13.5. The standard InChI is InChI=1S/C45H66O5/c1-30(2)32-18-23-45(26-27-48-10)25-24-43(8)33(38(32)45)16-17-35-42(7)21-20-36(41(5,6)34(42)19-22-44(35,43)9)50-37(46)28-40(3,4)39(47)49-29-31-14-12-11-13-15-31/h11-15,26-27,32-36,38H,1,16-25,28-29H2,2-10H3/t32-,33?,34?,35?,36-,38?,42-,43+,44+,45+/m0/s1. The van der Waals surface area contributed by atoms with Crippen LogP contribution in [-0.2, 0) is 30.4 Å². The second-order valence-corrected chi connectivity index (χ2v) is 19.4. The Morgan fingerprint density at radius 2 is 1.60 bits per heavy atom. The fraction of sp³-hybridized carbons (Fsp3) is 0.733. The third kappa shape index (κ3) is 5.89. The second kappa shape index (κ2) is 13.1. The van der Waals surface area contributed by atoms with Gasteiger partial charge in [-0.1, -0.05) is 77.1 Å². The highest BCUT2D eigenvalue weighted by molar-refractivity contribution is 5.82. The number of ether oxygens (including phenoxy) is 3. The molecule has 1 aromatic rings. The van der Waals surface area contributed by atoms with Crippen LogP contribution in [0.15, 0.2) is 54.8 Å². The minimum Gasteiger partial charge on any atom is -0.505 e. The zero-order valence-electron chi connectivity index (χ0n) is 32.7. The van der Waals surface area contributed by atoms with E-state index < -0.39 is 5.41 Å². The highest BCUT2D eigenvalue weighted by Gasteiger charge is 2.70. The average Bonchev–Trinajstić information content (AvgIpc) is 3.45. The molecule has 0 aromatic heterocycles. The molecule has 5 aliphatic rings. The number of carbonyl (C=O) groups is 2. The lowest BCUT2D eigenvalue weighted by Gasteiger charge is -2.73. The Labute approximate surface area is 303 Å². The lowest BCUT2D eigenvalue weighted by molar-refractivity contribution is -0.247. The summed E-state index contributed by atoms with van der Waals surface area (Å²) < 4.78 is 17.5. The van der Waals surface area contributed by atoms with Gasteiger partial charge in [-0.2, -0.15) is 0 Å². The van der Waals surface area contributed by atoms with E-state index in [9.17, 15) is 9.59 Å². The first kappa shape index (κ1) is 37.2. The van der Waals surface area contributed by atoms with Crippen molar-refractivity contribution in [2.45, 2.75) is 139 Å². The Bertz CT molecular complexity index is 1480. The molecule has 5 saturated carbocycles. The van der Waals surface area contributed by atoms with Crippen molar-refractivity contribution in [2.24, 2.45) is 62.1 Å². The summed E-state index contributed by atoms with van der Waals surface area (Å²) in [6.07, 6.45) is 16.3. The van der Waals surface area contributed by atoms with E-state index in [1.165, 1.54) is 56.9 Å². The highest BCUT2D eigenvalue weighted by Crippen LogP contribution is 2.77. The van der Waals surface area contributed by atoms with E-state index in [0.29, 0.717) is 29.6 Å². The van der Waals surface area contributed by atoms with Gasteiger partial charge in [-0.15, -0.1) is 0 Å². The molecule has 5 heteroatoms. The van der Waals surface area contributed by atoms with Crippen LogP contribution in [0, 0.1) is 62.1 Å². The minimum absolute atomic E-state index is 0.0168. The highest BCUT2D eigenvalue weighted by atomic mass is 16.5. The van der Waals surface area contributed by atoms with E-state index in [-0.39, 0.29) is 58.1 Å². The minimum atomic E-state index is -0.959. The van der Waals surface area contributed by atoms with Gasteiger partial charge >= 0.3 is 11.9 Å². The van der Waals surface area contributed by atoms with Crippen LogP contribution in [0.1, 0.15) is 132 Å². The van der Waals surface area contributed by atoms with Crippen molar-refractivity contribution in [3.05, 3.63) is 60.4 Å². The fourth-order valence-corrected chi connectivity index (χ4v) is 13.4. The molecule has 0 radical (unpaired) electrons. The molecule has 5 aliphatic carbocycles. The van der Waals surface area contributed by atoms with Gasteiger partial charge in [-0.3, -0.25) is 9.59 Å². The van der Waals surface area contributed by atoms with Gasteiger partial charge in [0.2, 0.25) is 0 Å². The van der Waals surface area contributed by atoms with Crippen molar-refractivity contribution in [2.75, 3.05) is 7.11 Å². The lowest BCUT2D eigenvalue weighted by Crippen LogP contribution is -2.66. The molecular weight excluding hydrogens is 620 g/mol. The van der Waals surface area contributed by atoms with E-state index in [2.05, 4.69) is 54.2 Å². The topological polar surface area (TPSA) is 61.8 Å². The number of benzene rings is 1. The van der Waals surface area contributed by atoms with E-state index >= 15 is 0 Å². The maximum Gasteiger partial charge on any atom is 0.312 e. The van der Waals surface area contributed by atoms with Crippen molar-refractivity contribution < 1.29 is 23.8 Å². The smallest absolute Gasteiger partial charge is 0.312 e. The van der Waals surface area contributed by atoms with Gasteiger partial charge in [-0.05, 0) is 148 Å². The Balaban J connectivity index is 1.17. The summed E-state index contributed by atoms with van der Waals surface area (Å²) in [7, 11) is 1.79. The van der Waals surface area contributed by atoms with Crippen molar-refractivity contribution in [3.63, 3.8) is 0 Å². The Hall–Kier alpha value is -2.56. The number of esters is 2. The van der Waals surface area contributed by atoms with Gasteiger partial charge in [-0.25, -0.2) is 0 Å². The van der Waals surface area contributed by atoms with Crippen LogP contribution >= 0.6 is 0 Å². The van der Waals surface area contributed by atoms with Crippen LogP contribution in [0.2, 0.25) is 0 Å². The number of rotatable bonds is 9. The summed E-state index contributed by atoms with van der Waals surface area (Å²) in [6.45, 7) is 23.3. The summed E-state index contributed by atoms with van der Waals surface area (Å²) in [5.41, 5.74) is 2.17. The fourth-order valence-electron chi connectivity index (χ4n) is 13.4. The third-order valence-electron chi connectivity index (χ3n) is 16.2. The molecule has 0 amide bonds. The van der Waals surface area contributed by atoms with Crippen LogP contribution in [-0.4, -0.2) is 25.2 Å². The summed E-state index contributed by atoms with van der Waals surface area (Å²) >= 11 is 0. The number of carbonyl (C=O) groups excluding carboxylic acids is 2. The first-order chi connectivity index (χ1) is 23.4. The largest absolute Gasteiger partial charge is 0.505 e. The molecule has 5 fully saturated rings. The third-order valence-corrected chi connectivity index (χ3v) is 16.2. The summed E-state index contributed by atoms with van der Waals surface area (Å²) in [5.74, 6) is 2.39. The van der Waals surface area contributed by atoms with Gasteiger partial charge in [0.15, 0.2) is 0 Å². The molecule has 50 heavy (non-hydrogen) atoms. The predicted molar refractivity (Wildman–Crippen MR) is 200 cm³/mol. The molecule has 5 nitrogen and oxygen atoms in total. The monoisotopic (exact) mass is 686 g/mol. The zero-order valence-corrected chi connectivity index (χ0v) is 32.7. The van der Waals surface area contributed by atoms with Gasteiger partial charge in [0.05, 0.1) is 25.2 Å². The Kier molecular flexibility index (Phi) is 9.77. The summed E-state index contributed by atoms with van der Waals surface area (Å²) in [6, 6.07) is 9.66. The van der Waals surface area contributed by atoms with E-state index in [0.717, 1.165) is 18.4 Å². The van der Waals surface area contributed by atoms with Crippen LogP contribution in [0.3, 0.4) is 0 Å². The molecule has 6 rings (SSSR count). The van der Waals surface area contributed by atoms with Gasteiger partial charge in [0.25, 0.3) is 0 Å². The van der Waals surface area contributed by atoms with E-state index in [1.54, 1.807) is 21.0 Å². The van der Waals surface area contributed by atoms with Crippen LogP contribution in [0.4, 0.5) is 0 Å². The molecule has 4 unspecified atom stereocenters. The Morgan fingerprint density at radius 1 is 0.880 bits per heavy atom. The first-order valence-corrected chi connectivity index (χ1v) is 19.7. The quantitative estimate of drug-likeness (QED) is 0.147. The summed E-state index contributed by atoms with van der Waals surface area (Å²) in [5, 5.41) is 0. The molecule has 0 N–H and O–H groups in total. The molecular formula is C45H66O5. The van der Waals surface area contributed by atoms with Gasteiger partial charge in [0, 0.05) is 5.41 Å². The van der Waals surface area contributed by atoms with Gasteiger partial charge < -0.3 is 14.2 Å². The first-order valence-electron chi connectivity index (χ1n) is 19.7. The van der Waals surface area contributed by atoms with E-state index in [4.69, 9.17) is 14.2 Å². The zero-order chi connectivity index (χ0) is 36.3. The van der Waals surface area contributed by atoms with Crippen molar-refractivity contribution in [3.8, 4) is 0 Å². The van der Waals surface area contributed by atoms with Crippen LogP contribution in [0.25, 0.3) is 0 Å². The second-order valence-electron chi connectivity index (χ2n) is 19.4. The van der Waals surface area contributed by atoms with Gasteiger partial charge in [0.1, 0.15) is 12.7 Å². The maximum atomic E-state index is 13.5. The number of methoxy groups -OCH3 is 1. The molecule has 0 saturated heterocycles. The number of hydrogen-bond donors (Lipinski definition) is 0. The molecule has 1 aromatic carbocycles. The molecule has 0 spiro atoms. The lowest BCUT2D eigenvalue weighted by atomic mass is 9.32. The summed E-state index contributed by atoms with van der Waals surface area (Å²) in [4.78, 5) is 26.6. The van der Waals surface area contributed by atoms with Crippen LogP contribution < -0.4 is 0 Å². The molecule has 0 heterocycles. The number of allylic oxidation sites excluding steroid dienone is 2.